The molecule has 0 aliphatic rings. The van der Waals surface area contributed by atoms with Gasteiger partial charge in [-0.05, 0) is 25.0 Å². The third-order valence-electron chi connectivity index (χ3n) is 3.70. The molecule has 3 nitrogen and oxygen atoms in total. The van der Waals surface area contributed by atoms with Gasteiger partial charge in [0.1, 0.15) is 5.82 Å². The fraction of sp³-hybridized carbons (Fsp3) is 0.222. The molecule has 1 heterocycles. The van der Waals surface area contributed by atoms with Gasteiger partial charge in [-0.15, -0.1) is 0 Å². The standard InChI is InChI=1S/C18H16F2N2OS/c1-2-22-17-14(20)10-13(19)11-15(17)24-18(22)21-16(23)9-8-12-6-4-3-5-7-12/h3-7,10-11H,2,8-9H2,1H3. The van der Waals surface area contributed by atoms with Gasteiger partial charge in [-0.3, -0.25) is 4.79 Å². The average Bonchev–Trinajstić information content (AvgIpc) is 2.91. The highest BCUT2D eigenvalue weighted by atomic mass is 32.1. The van der Waals surface area contributed by atoms with E-state index in [1.807, 2.05) is 37.3 Å². The van der Waals surface area contributed by atoms with Gasteiger partial charge in [0.2, 0.25) is 5.91 Å². The number of carbonyl (C=O) groups excluding carboxylic acids is 1. The Bertz CT molecular complexity index is 945. The van der Waals surface area contributed by atoms with Gasteiger partial charge in [0, 0.05) is 19.0 Å². The van der Waals surface area contributed by atoms with Gasteiger partial charge in [-0.1, -0.05) is 41.7 Å². The predicted octanol–water partition coefficient (Wildman–Crippen LogP) is 4.06. The second-order valence-electron chi connectivity index (χ2n) is 5.35. The van der Waals surface area contributed by atoms with Gasteiger partial charge in [-0.25, -0.2) is 8.78 Å². The topological polar surface area (TPSA) is 34.4 Å². The van der Waals surface area contributed by atoms with Gasteiger partial charge in [0.15, 0.2) is 10.6 Å². The van der Waals surface area contributed by atoms with Crippen molar-refractivity contribution in [1.82, 2.24) is 4.57 Å². The van der Waals surface area contributed by atoms with Crippen molar-refractivity contribution in [3.63, 3.8) is 0 Å². The summed E-state index contributed by atoms with van der Waals surface area (Å²) in [6.45, 7) is 2.29. The Morgan fingerprint density at radius 2 is 1.96 bits per heavy atom. The van der Waals surface area contributed by atoms with Crippen LogP contribution in [0.25, 0.3) is 10.2 Å². The quantitative estimate of drug-likeness (QED) is 0.701. The molecule has 0 spiro atoms. The average molecular weight is 346 g/mol. The molecule has 0 aliphatic heterocycles. The van der Waals surface area contributed by atoms with E-state index in [1.165, 1.54) is 6.07 Å². The van der Waals surface area contributed by atoms with E-state index in [4.69, 9.17) is 0 Å². The summed E-state index contributed by atoms with van der Waals surface area (Å²) in [5.74, 6) is -1.54. The van der Waals surface area contributed by atoms with E-state index in [1.54, 1.807) is 4.57 Å². The molecule has 124 valence electrons. The largest absolute Gasteiger partial charge is 0.314 e. The molecule has 3 rings (SSSR count). The summed E-state index contributed by atoms with van der Waals surface area (Å²) in [6, 6.07) is 11.8. The molecule has 1 aromatic heterocycles. The number of aryl methyl sites for hydroxylation is 2. The summed E-state index contributed by atoms with van der Waals surface area (Å²) in [6.07, 6.45) is 0.877. The lowest BCUT2D eigenvalue weighted by molar-refractivity contribution is -0.118. The van der Waals surface area contributed by atoms with Crippen LogP contribution in [0.5, 0.6) is 0 Å². The van der Waals surface area contributed by atoms with Gasteiger partial charge < -0.3 is 4.57 Å². The number of carbonyl (C=O) groups is 1. The minimum Gasteiger partial charge on any atom is -0.314 e. The highest BCUT2D eigenvalue weighted by Gasteiger charge is 2.12. The Labute approximate surface area is 141 Å². The molecule has 0 atom stereocenters. The van der Waals surface area contributed by atoms with Crippen molar-refractivity contribution in [2.24, 2.45) is 4.99 Å². The monoisotopic (exact) mass is 346 g/mol. The zero-order valence-electron chi connectivity index (χ0n) is 13.1. The molecule has 0 N–H and O–H groups in total. The highest BCUT2D eigenvalue weighted by molar-refractivity contribution is 7.16. The Hall–Kier alpha value is -2.34. The van der Waals surface area contributed by atoms with Crippen molar-refractivity contribution in [2.75, 3.05) is 0 Å². The van der Waals surface area contributed by atoms with Gasteiger partial charge in [0.25, 0.3) is 0 Å². The van der Waals surface area contributed by atoms with Crippen LogP contribution >= 0.6 is 11.3 Å². The summed E-state index contributed by atoms with van der Waals surface area (Å²) in [5, 5.41) is 0. The third-order valence-corrected chi connectivity index (χ3v) is 4.73. The Kier molecular flexibility index (Phi) is 4.85. The predicted molar refractivity (Wildman–Crippen MR) is 90.7 cm³/mol. The Morgan fingerprint density at radius 1 is 1.21 bits per heavy atom. The van der Waals surface area contributed by atoms with Gasteiger partial charge >= 0.3 is 0 Å². The molecular weight excluding hydrogens is 330 g/mol. The van der Waals surface area contributed by atoms with E-state index < -0.39 is 11.6 Å². The fourth-order valence-electron chi connectivity index (χ4n) is 2.57. The summed E-state index contributed by atoms with van der Waals surface area (Å²) in [4.78, 5) is 16.6. The Morgan fingerprint density at radius 3 is 2.67 bits per heavy atom. The smallest absolute Gasteiger partial charge is 0.248 e. The van der Waals surface area contributed by atoms with Crippen molar-refractivity contribution < 1.29 is 13.6 Å². The lowest BCUT2D eigenvalue weighted by Gasteiger charge is -2.01. The number of benzene rings is 2. The normalized spacial score (nSPS) is 12.0. The number of rotatable bonds is 4. The third kappa shape index (κ3) is 3.43. The maximum absolute atomic E-state index is 14.0. The van der Waals surface area contributed by atoms with E-state index in [0.717, 1.165) is 23.0 Å². The number of hydrogen-bond donors (Lipinski definition) is 0. The molecule has 0 fully saturated rings. The Balaban J connectivity index is 1.91. The van der Waals surface area contributed by atoms with Crippen LogP contribution in [0.4, 0.5) is 8.78 Å². The molecule has 3 aromatic rings. The zero-order valence-corrected chi connectivity index (χ0v) is 13.9. The first-order valence-corrected chi connectivity index (χ1v) is 8.50. The van der Waals surface area contributed by atoms with Crippen molar-refractivity contribution in [3.05, 3.63) is 64.5 Å². The lowest BCUT2D eigenvalue weighted by Crippen LogP contribution is -2.16. The van der Waals surface area contributed by atoms with E-state index >= 15 is 0 Å². The molecular formula is C18H16F2N2OS. The summed E-state index contributed by atoms with van der Waals surface area (Å²) in [5.41, 5.74) is 1.35. The molecule has 24 heavy (non-hydrogen) atoms. The van der Waals surface area contributed by atoms with Crippen LogP contribution in [0.2, 0.25) is 0 Å². The fourth-order valence-corrected chi connectivity index (χ4v) is 3.72. The van der Waals surface area contributed by atoms with Crippen LogP contribution in [0.1, 0.15) is 18.9 Å². The number of halogens is 2. The van der Waals surface area contributed by atoms with Crippen molar-refractivity contribution in [1.29, 1.82) is 0 Å². The lowest BCUT2D eigenvalue weighted by atomic mass is 10.1. The minimum atomic E-state index is -0.638. The summed E-state index contributed by atoms with van der Waals surface area (Å²) < 4.78 is 29.5. The summed E-state index contributed by atoms with van der Waals surface area (Å²) >= 11 is 1.12. The van der Waals surface area contributed by atoms with E-state index in [2.05, 4.69) is 4.99 Å². The van der Waals surface area contributed by atoms with E-state index in [9.17, 15) is 13.6 Å². The van der Waals surface area contributed by atoms with Gasteiger partial charge in [-0.2, -0.15) is 4.99 Å². The van der Waals surface area contributed by atoms with Crippen LogP contribution in [0.15, 0.2) is 47.5 Å². The molecule has 1 amide bonds. The van der Waals surface area contributed by atoms with Crippen LogP contribution in [0.3, 0.4) is 0 Å². The summed E-state index contributed by atoms with van der Waals surface area (Å²) in [7, 11) is 0. The van der Waals surface area contributed by atoms with Crippen molar-refractivity contribution >= 4 is 27.5 Å². The van der Waals surface area contributed by atoms with Gasteiger partial charge in [0.05, 0.1) is 10.2 Å². The highest BCUT2D eigenvalue weighted by Crippen LogP contribution is 2.22. The van der Waals surface area contributed by atoms with Crippen LogP contribution in [-0.2, 0) is 17.8 Å². The number of thiazole rings is 1. The second kappa shape index (κ2) is 7.05. The number of nitrogens with zero attached hydrogens (tertiary/aromatic N) is 2. The molecule has 0 saturated heterocycles. The van der Waals surface area contributed by atoms with Crippen molar-refractivity contribution in [2.45, 2.75) is 26.3 Å². The molecule has 0 unspecified atom stereocenters. The van der Waals surface area contributed by atoms with Crippen LogP contribution in [0, 0.1) is 11.6 Å². The molecule has 6 heteroatoms. The van der Waals surface area contributed by atoms with E-state index in [-0.39, 0.29) is 12.3 Å². The molecule has 0 radical (unpaired) electrons. The number of fused-ring (bicyclic) bond motifs is 1. The number of amides is 1. The van der Waals surface area contributed by atoms with Crippen LogP contribution in [-0.4, -0.2) is 10.5 Å². The molecule has 0 bridgehead atoms. The number of aromatic nitrogens is 1. The minimum absolute atomic E-state index is 0.270. The first-order chi connectivity index (χ1) is 11.6. The van der Waals surface area contributed by atoms with E-state index in [0.29, 0.717) is 28.0 Å². The maximum Gasteiger partial charge on any atom is 0.248 e. The first kappa shape index (κ1) is 16.5. The molecule has 0 saturated carbocycles. The zero-order chi connectivity index (χ0) is 17.1. The first-order valence-electron chi connectivity index (χ1n) is 7.68. The SMILES string of the molecule is CCn1c(=NC(=O)CCc2ccccc2)sc2cc(F)cc(F)c21. The molecule has 2 aromatic carbocycles. The molecule has 0 aliphatic carbocycles. The van der Waals surface area contributed by atoms with Crippen molar-refractivity contribution in [3.8, 4) is 0 Å². The second-order valence-corrected chi connectivity index (χ2v) is 6.36. The number of hydrogen-bond acceptors (Lipinski definition) is 2. The van der Waals surface area contributed by atoms with Crippen LogP contribution < -0.4 is 4.80 Å². The maximum atomic E-state index is 14.0.